The topological polar surface area (TPSA) is 75.4 Å². The van der Waals surface area contributed by atoms with Crippen molar-refractivity contribution in [2.24, 2.45) is 11.7 Å². The summed E-state index contributed by atoms with van der Waals surface area (Å²) in [6, 6.07) is 0.0698. The molecule has 1 fully saturated rings. The fourth-order valence-corrected chi connectivity index (χ4v) is 2.63. The van der Waals surface area contributed by atoms with Crippen molar-refractivity contribution < 1.29 is 9.59 Å². The fraction of sp³-hybridized carbons (Fsp3) is 0.875. The fourth-order valence-electron chi connectivity index (χ4n) is 2.63. The lowest BCUT2D eigenvalue weighted by Crippen LogP contribution is -2.43. The quantitative estimate of drug-likeness (QED) is 0.668. The van der Waals surface area contributed by atoms with Crippen molar-refractivity contribution in [1.82, 2.24) is 10.2 Å². The number of hydrogen-bond donors (Lipinski definition) is 2. The molecule has 0 bridgehead atoms. The highest BCUT2D eigenvalue weighted by molar-refractivity contribution is 5.85. The van der Waals surface area contributed by atoms with Crippen molar-refractivity contribution in [2.45, 2.75) is 64.8 Å². The molecule has 0 aliphatic carbocycles. The van der Waals surface area contributed by atoms with Crippen LogP contribution >= 0.6 is 12.4 Å². The molecule has 2 amide bonds. The van der Waals surface area contributed by atoms with Gasteiger partial charge in [0.2, 0.25) is 11.8 Å². The van der Waals surface area contributed by atoms with Gasteiger partial charge in [0.15, 0.2) is 0 Å². The van der Waals surface area contributed by atoms with Crippen LogP contribution < -0.4 is 11.1 Å². The lowest BCUT2D eigenvalue weighted by Gasteiger charge is -2.31. The van der Waals surface area contributed by atoms with E-state index >= 15 is 0 Å². The molecule has 1 heterocycles. The maximum atomic E-state index is 12.0. The van der Waals surface area contributed by atoms with E-state index in [1.807, 2.05) is 11.8 Å². The third kappa shape index (κ3) is 7.99. The van der Waals surface area contributed by atoms with Crippen LogP contribution in [0.25, 0.3) is 0 Å². The van der Waals surface area contributed by atoms with Gasteiger partial charge in [-0.25, -0.2) is 0 Å². The first kappa shape index (κ1) is 21.2. The highest BCUT2D eigenvalue weighted by Crippen LogP contribution is 2.18. The van der Waals surface area contributed by atoms with E-state index in [4.69, 9.17) is 5.73 Å². The minimum atomic E-state index is 0. The first-order valence-corrected chi connectivity index (χ1v) is 8.35. The Morgan fingerprint density at radius 2 is 1.91 bits per heavy atom. The second-order valence-electron chi connectivity index (χ2n) is 6.17. The molecule has 1 saturated heterocycles. The Kier molecular flexibility index (Phi) is 11.3. The van der Waals surface area contributed by atoms with Crippen LogP contribution in [0.4, 0.5) is 0 Å². The summed E-state index contributed by atoms with van der Waals surface area (Å²) in [5.41, 5.74) is 5.68. The standard InChI is InChI=1S/C16H31N3O2.ClH/c1-3-4-5-10-18-16(21)14-8-11-19(12-9-14)15(20)7-6-13(2)17;/h13-14H,3-12,17H2,1-2H3,(H,18,21);1H. The SMILES string of the molecule is CCCCCNC(=O)C1CCN(C(=O)CCC(C)N)CC1.Cl. The number of rotatable bonds is 8. The largest absolute Gasteiger partial charge is 0.356 e. The minimum absolute atomic E-state index is 0. The molecule has 0 spiro atoms. The van der Waals surface area contributed by atoms with Crippen LogP contribution in [0.15, 0.2) is 0 Å². The van der Waals surface area contributed by atoms with Gasteiger partial charge < -0.3 is 16.0 Å². The molecule has 5 nitrogen and oxygen atoms in total. The normalized spacial score (nSPS) is 16.8. The van der Waals surface area contributed by atoms with E-state index in [0.717, 1.165) is 45.1 Å². The second kappa shape index (κ2) is 11.7. The highest BCUT2D eigenvalue weighted by Gasteiger charge is 2.26. The Hall–Kier alpha value is -0.810. The van der Waals surface area contributed by atoms with Gasteiger partial charge >= 0.3 is 0 Å². The minimum Gasteiger partial charge on any atom is -0.356 e. The maximum Gasteiger partial charge on any atom is 0.223 e. The number of nitrogens with zero attached hydrogens (tertiary/aromatic N) is 1. The Balaban J connectivity index is 0.00000441. The Morgan fingerprint density at radius 1 is 1.27 bits per heavy atom. The molecule has 0 aromatic heterocycles. The summed E-state index contributed by atoms with van der Waals surface area (Å²) in [6.07, 6.45) is 6.19. The van der Waals surface area contributed by atoms with Crippen molar-refractivity contribution >= 4 is 24.2 Å². The predicted molar refractivity (Wildman–Crippen MR) is 92.0 cm³/mol. The van der Waals surface area contributed by atoms with Crippen molar-refractivity contribution in [2.75, 3.05) is 19.6 Å². The van der Waals surface area contributed by atoms with E-state index in [0.29, 0.717) is 19.5 Å². The number of amides is 2. The monoisotopic (exact) mass is 333 g/mol. The van der Waals surface area contributed by atoms with Gasteiger partial charge in [0.05, 0.1) is 0 Å². The van der Waals surface area contributed by atoms with E-state index in [-0.39, 0.29) is 36.2 Å². The van der Waals surface area contributed by atoms with Gasteiger partial charge in [-0.15, -0.1) is 12.4 Å². The van der Waals surface area contributed by atoms with Gasteiger partial charge in [-0.3, -0.25) is 9.59 Å². The lowest BCUT2D eigenvalue weighted by atomic mass is 9.95. The smallest absolute Gasteiger partial charge is 0.223 e. The van der Waals surface area contributed by atoms with Crippen molar-refractivity contribution in [1.29, 1.82) is 0 Å². The number of hydrogen-bond acceptors (Lipinski definition) is 3. The molecule has 0 radical (unpaired) electrons. The van der Waals surface area contributed by atoms with Crippen LogP contribution in [0.3, 0.4) is 0 Å². The van der Waals surface area contributed by atoms with Crippen molar-refractivity contribution in [3.05, 3.63) is 0 Å². The van der Waals surface area contributed by atoms with Crippen molar-refractivity contribution in [3.8, 4) is 0 Å². The van der Waals surface area contributed by atoms with Crippen LogP contribution in [-0.4, -0.2) is 42.4 Å². The molecule has 130 valence electrons. The molecule has 6 heteroatoms. The predicted octanol–water partition coefficient (Wildman–Crippen LogP) is 2.08. The summed E-state index contributed by atoms with van der Waals surface area (Å²) in [4.78, 5) is 25.9. The molecule has 0 aromatic carbocycles. The van der Waals surface area contributed by atoms with Gasteiger partial charge in [-0.2, -0.15) is 0 Å². The summed E-state index contributed by atoms with van der Waals surface area (Å²) < 4.78 is 0. The van der Waals surface area contributed by atoms with Crippen LogP contribution in [0.2, 0.25) is 0 Å². The van der Waals surface area contributed by atoms with E-state index in [9.17, 15) is 9.59 Å². The van der Waals surface area contributed by atoms with Crippen LogP contribution in [0.5, 0.6) is 0 Å². The molecule has 1 aliphatic rings. The zero-order valence-corrected chi connectivity index (χ0v) is 14.8. The third-order valence-corrected chi connectivity index (χ3v) is 4.11. The Bertz CT molecular complexity index is 329. The zero-order chi connectivity index (χ0) is 15.7. The molecule has 22 heavy (non-hydrogen) atoms. The van der Waals surface area contributed by atoms with Crippen molar-refractivity contribution in [3.63, 3.8) is 0 Å². The van der Waals surface area contributed by atoms with Crippen LogP contribution in [0.1, 0.15) is 58.8 Å². The average Bonchev–Trinajstić information content (AvgIpc) is 2.49. The number of unbranched alkanes of at least 4 members (excludes halogenated alkanes) is 2. The number of carbonyl (C=O) groups excluding carboxylic acids is 2. The Labute approximate surface area is 140 Å². The average molecular weight is 334 g/mol. The summed E-state index contributed by atoms with van der Waals surface area (Å²) in [5.74, 6) is 0.409. The van der Waals surface area contributed by atoms with Gasteiger partial charge in [0, 0.05) is 38.0 Å². The number of likely N-dealkylation sites (tertiary alicyclic amines) is 1. The molecule has 0 saturated carbocycles. The van der Waals surface area contributed by atoms with Gasteiger partial charge in [0.25, 0.3) is 0 Å². The van der Waals surface area contributed by atoms with E-state index in [2.05, 4.69) is 12.2 Å². The molecule has 1 unspecified atom stereocenters. The molecular formula is C16H32ClN3O2. The molecular weight excluding hydrogens is 302 g/mol. The van der Waals surface area contributed by atoms with Gasteiger partial charge in [0.1, 0.15) is 0 Å². The lowest BCUT2D eigenvalue weighted by molar-refractivity contribution is -0.135. The van der Waals surface area contributed by atoms with Gasteiger partial charge in [-0.05, 0) is 32.6 Å². The number of nitrogens with two attached hydrogens (primary N) is 1. The zero-order valence-electron chi connectivity index (χ0n) is 14.0. The number of carbonyl (C=O) groups is 2. The summed E-state index contributed by atoms with van der Waals surface area (Å²) in [7, 11) is 0. The molecule has 1 rings (SSSR count). The summed E-state index contributed by atoms with van der Waals surface area (Å²) in [5, 5.41) is 3.01. The van der Waals surface area contributed by atoms with Gasteiger partial charge in [-0.1, -0.05) is 19.8 Å². The van der Waals surface area contributed by atoms with E-state index < -0.39 is 0 Å². The molecule has 1 atom stereocenters. The second-order valence-corrected chi connectivity index (χ2v) is 6.17. The van der Waals surface area contributed by atoms with E-state index in [1.165, 1.54) is 0 Å². The molecule has 1 aliphatic heterocycles. The van der Waals surface area contributed by atoms with Crippen LogP contribution in [0, 0.1) is 5.92 Å². The number of piperidine rings is 1. The maximum absolute atomic E-state index is 12.0. The summed E-state index contributed by atoms with van der Waals surface area (Å²) in [6.45, 7) is 6.25. The van der Waals surface area contributed by atoms with Crippen LogP contribution in [-0.2, 0) is 9.59 Å². The first-order chi connectivity index (χ1) is 10.0. The first-order valence-electron chi connectivity index (χ1n) is 8.35. The molecule has 3 N–H and O–H groups in total. The third-order valence-electron chi connectivity index (χ3n) is 4.11. The van der Waals surface area contributed by atoms with E-state index in [1.54, 1.807) is 0 Å². The Morgan fingerprint density at radius 3 is 2.45 bits per heavy atom. The highest BCUT2D eigenvalue weighted by atomic mass is 35.5. The number of halogens is 1. The number of nitrogens with one attached hydrogen (secondary N) is 1. The summed E-state index contributed by atoms with van der Waals surface area (Å²) >= 11 is 0. The molecule has 0 aromatic rings.